The van der Waals surface area contributed by atoms with Gasteiger partial charge >= 0.3 is 16.2 Å². The molecule has 1 aliphatic heterocycles. The normalized spacial score (nSPS) is 17.9. The second-order valence-corrected chi connectivity index (χ2v) is 7.07. The molecule has 1 fully saturated rings. The highest BCUT2D eigenvalue weighted by molar-refractivity contribution is 9.10. The number of nitrogens with zero attached hydrogens (tertiary/aromatic N) is 2. The van der Waals surface area contributed by atoms with Gasteiger partial charge < -0.3 is 5.11 Å². The Balaban J connectivity index is 2.01. The maximum absolute atomic E-state index is 12.1. The number of hydrogen-bond acceptors (Lipinski definition) is 4. The van der Waals surface area contributed by atoms with Crippen molar-refractivity contribution in [2.24, 2.45) is 5.92 Å². The quantitative estimate of drug-likeness (QED) is 0.839. The second-order valence-electron chi connectivity index (χ2n) is 4.48. The Kier molecular flexibility index (Phi) is 4.61. The van der Waals surface area contributed by atoms with Crippen LogP contribution in [0.15, 0.2) is 22.8 Å². The number of rotatable bonds is 4. The first-order chi connectivity index (χ1) is 9.38. The van der Waals surface area contributed by atoms with Crippen molar-refractivity contribution in [1.82, 2.24) is 9.29 Å². The van der Waals surface area contributed by atoms with Crippen molar-refractivity contribution in [2.45, 2.75) is 12.8 Å². The molecule has 7 nitrogen and oxygen atoms in total. The van der Waals surface area contributed by atoms with E-state index < -0.39 is 22.1 Å². The summed E-state index contributed by atoms with van der Waals surface area (Å²) in [5.74, 6) is -1.11. The van der Waals surface area contributed by atoms with Crippen LogP contribution >= 0.6 is 15.9 Å². The van der Waals surface area contributed by atoms with Gasteiger partial charge in [-0.2, -0.15) is 12.7 Å². The van der Waals surface area contributed by atoms with Crippen LogP contribution in [0, 0.1) is 5.92 Å². The van der Waals surface area contributed by atoms with Gasteiger partial charge in [0, 0.05) is 23.8 Å². The van der Waals surface area contributed by atoms with Gasteiger partial charge in [-0.25, -0.2) is 4.98 Å². The number of nitrogens with one attached hydrogen (secondary N) is 1. The van der Waals surface area contributed by atoms with E-state index in [1.54, 1.807) is 12.1 Å². The van der Waals surface area contributed by atoms with Crippen LogP contribution in [0.5, 0.6) is 0 Å². The molecule has 0 unspecified atom stereocenters. The smallest absolute Gasteiger partial charge is 0.306 e. The van der Waals surface area contributed by atoms with Crippen LogP contribution in [0.3, 0.4) is 0 Å². The Morgan fingerprint density at radius 3 is 2.55 bits per heavy atom. The molecule has 0 amide bonds. The third-order valence-electron chi connectivity index (χ3n) is 3.10. The number of carboxylic acid groups (broad SMARTS) is 1. The lowest BCUT2D eigenvalue weighted by atomic mass is 9.99. The van der Waals surface area contributed by atoms with E-state index >= 15 is 0 Å². The van der Waals surface area contributed by atoms with E-state index in [4.69, 9.17) is 5.11 Å². The molecule has 1 saturated heterocycles. The van der Waals surface area contributed by atoms with Crippen molar-refractivity contribution < 1.29 is 18.3 Å². The Hall–Kier alpha value is -1.19. The molecule has 0 saturated carbocycles. The van der Waals surface area contributed by atoms with Crippen LogP contribution in [0.1, 0.15) is 12.8 Å². The van der Waals surface area contributed by atoms with E-state index in [1.807, 2.05) is 0 Å². The molecule has 1 aliphatic rings. The fourth-order valence-electron chi connectivity index (χ4n) is 1.98. The van der Waals surface area contributed by atoms with Gasteiger partial charge in [-0.05, 0) is 40.9 Å². The largest absolute Gasteiger partial charge is 0.481 e. The summed E-state index contributed by atoms with van der Waals surface area (Å²) < 4.78 is 28.6. The minimum atomic E-state index is -3.69. The number of aliphatic carboxylic acids is 1. The number of carbonyl (C=O) groups is 1. The average Bonchev–Trinajstić information content (AvgIpc) is 2.41. The van der Waals surface area contributed by atoms with Gasteiger partial charge in [0.25, 0.3) is 0 Å². The molecule has 0 atom stereocenters. The van der Waals surface area contributed by atoms with E-state index in [1.165, 1.54) is 10.5 Å². The summed E-state index contributed by atoms with van der Waals surface area (Å²) >= 11 is 3.22. The number of aromatic nitrogens is 1. The summed E-state index contributed by atoms with van der Waals surface area (Å²) in [6.45, 7) is 0.395. The molecule has 1 aromatic rings. The predicted octanol–water partition coefficient (Wildman–Crippen LogP) is 1.30. The molecule has 0 spiro atoms. The highest BCUT2D eigenvalue weighted by Crippen LogP contribution is 2.21. The number of halogens is 1. The first kappa shape index (κ1) is 15.2. The number of anilines is 1. The molecule has 9 heteroatoms. The highest BCUT2D eigenvalue weighted by atomic mass is 79.9. The van der Waals surface area contributed by atoms with Crippen molar-refractivity contribution in [3.05, 3.63) is 22.8 Å². The monoisotopic (exact) mass is 363 g/mol. The van der Waals surface area contributed by atoms with Gasteiger partial charge in [0.1, 0.15) is 5.82 Å². The molecule has 2 heterocycles. The van der Waals surface area contributed by atoms with Crippen LogP contribution in [0.25, 0.3) is 0 Å². The van der Waals surface area contributed by atoms with Crippen molar-refractivity contribution in [3.8, 4) is 0 Å². The van der Waals surface area contributed by atoms with Crippen molar-refractivity contribution >= 4 is 37.9 Å². The minimum absolute atomic E-state index is 0.197. The second kappa shape index (κ2) is 6.06. The van der Waals surface area contributed by atoms with Gasteiger partial charge in [0.05, 0.1) is 5.92 Å². The molecule has 2 rings (SSSR count). The number of carboxylic acids is 1. The van der Waals surface area contributed by atoms with Crippen LogP contribution < -0.4 is 4.72 Å². The highest BCUT2D eigenvalue weighted by Gasteiger charge is 2.31. The molecule has 0 aliphatic carbocycles. The summed E-state index contributed by atoms with van der Waals surface area (Å²) in [5.41, 5.74) is 0. The summed E-state index contributed by atoms with van der Waals surface area (Å²) in [4.78, 5) is 14.8. The van der Waals surface area contributed by atoms with Gasteiger partial charge in [0.2, 0.25) is 0 Å². The zero-order valence-corrected chi connectivity index (χ0v) is 12.9. The van der Waals surface area contributed by atoms with Crippen molar-refractivity contribution in [2.75, 3.05) is 17.8 Å². The average molecular weight is 364 g/mol. The van der Waals surface area contributed by atoms with Crippen LogP contribution in [-0.2, 0) is 15.0 Å². The van der Waals surface area contributed by atoms with E-state index in [2.05, 4.69) is 25.6 Å². The molecule has 0 aromatic carbocycles. The Bertz CT molecular complexity index is 582. The molecular formula is C11H14BrN3O4S. The third-order valence-corrected chi connectivity index (χ3v) is 5.09. The lowest BCUT2D eigenvalue weighted by Gasteiger charge is -2.29. The Morgan fingerprint density at radius 2 is 2.05 bits per heavy atom. The fourth-order valence-corrected chi connectivity index (χ4v) is 3.42. The molecule has 2 N–H and O–H groups in total. The van der Waals surface area contributed by atoms with Gasteiger partial charge in [0.15, 0.2) is 0 Å². The zero-order chi connectivity index (χ0) is 14.8. The third kappa shape index (κ3) is 3.68. The first-order valence-corrected chi connectivity index (χ1v) is 8.24. The van der Waals surface area contributed by atoms with Gasteiger partial charge in [-0.3, -0.25) is 9.52 Å². The Morgan fingerprint density at radius 1 is 1.40 bits per heavy atom. The summed E-state index contributed by atoms with van der Waals surface area (Å²) in [6, 6.07) is 3.23. The predicted molar refractivity (Wildman–Crippen MR) is 76.4 cm³/mol. The maximum Gasteiger partial charge on any atom is 0.306 e. The fraction of sp³-hybridized carbons (Fsp3) is 0.455. The topological polar surface area (TPSA) is 99.6 Å². The van der Waals surface area contributed by atoms with E-state index in [9.17, 15) is 13.2 Å². The first-order valence-electron chi connectivity index (χ1n) is 6.01. The van der Waals surface area contributed by atoms with Crippen LogP contribution in [0.4, 0.5) is 5.82 Å². The lowest BCUT2D eigenvalue weighted by Crippen LogP contribution is -2.43. The van der Waals surface area contributed by atoms with Gasteiger partial charge in [-0.1, -0.05) is 0 Å². The van der Waals surface area contributed by atoms with E-state index in [0.717, 1.165) is 4.47 Å². The standard InChI is InChI=1S/C11H14BrN3O4S/c12-9-1-2-10(13-7-9)14-20(18,19)15-5-3-8(4-6-15)11(16)17/h1-2,7-8H,3-6H2,(H,13,14)(H,16,17). The molecule has 1 aromatic heterocycles. The molecular weight excluding hydrogens is 350 g/mol. The van der Waals surface area contributed by atoms with Crippen LogP contribution in [-0.4, -0.2) is 41.9 Å². The van der Waals surface area contributed by atoms with E-state index in [0.29, 0.717) is 12.8 Å². The van der Waals surface area contributed by atoms with Crippen molar-refractivity contribution in [3.63, 3.8) is 0 Å². The number of hydrogen-bond donors (Lipinski definition) is 2. The zero-order valence-electron chi connectivity index (χ0n) is 10.5. The Labute approximate surface area is 125 Å². The number of piperidine rings is 1. The lowest BCUT2D eigenvalue weighted by molar-refractivity contribution is -0.142. The summed E-state index contributed by atoms with van der Waals surface area (Å²) in [7, 11) is -3.69. The summed E-state index contributed by atoms with van der Waals surface area (Å²) in [5, 5.41) is 8.89. The van der Waals surface area contributed by atoms with Gasteiger partial charge in [-0.15, -0.1) is 0 Å². The maximum atomic E-state index is 12.1. The van der Waals surface area contributed by atoms with Crippen molar-refractivity contribution in [1.29, 1.82) is 0 Å². The SMILES string of the molecule is O=C(O)C1CCN(S(=O)(=O)Nc2ccc(Br)cn2)CC1. The van der Waals surface area contributed by atoms with Crippen LogP contribution in [0.2, 0.25) is 0 Å². The molecule has 0 bridgehead atoms. The molecule has 110 valence electrons. The summed E-state index contributed by atoms with van der Waals surface area (Å²) in [6.07, 6.45) is 2.14. The van der Waals surface area contributed by atoms with E-state index in [-0.39, 0.29) is 18.9 Å². The molecule has 20 heavy (non-hydrogen) atoms. The minimum Gasteiger partial charge on any atom is -0.481 e. The number of pyridine rings is 1. The molecule has 0 radical (unpaired) electrons.